The second-order valence-electron chi connectivity index (χ2n) is 5.41. The van der Waals surface area contributed by atoms with E-state index in [1.54, 1.807) is 6.08 Å². The fourth-order valence-electron chi connectivity index (χ4n) is 2.62. The Balaban J connectivity index is 1.86. The van der Waals surface area contributed by atoms with Crippen molar-refractivity contribution in [2.75, 3.05) is 0 Å². The van der Waals surface area contributed by atoms with Crippen molar-refractivity contribution in [2.45, 2.75) is 13.3 Å². The third-order valence-electron chi connectivity index (χ3n) is 3.84. The van der Waals surface area contributed by atoms with E-state index < -0.39 is 0 Å². The topological polar surface area (TPSA) is 32.9 Å². The molecule has 2 heteroatoms. The SMILES string of the molecule is CCc1cc(C=CC(=O)c2ccccc2)[nH]c1-c1ccccc1. The molecule has 0 aliphatic heterocycles. The summed E-state index contributed by atoms with van der Waals surface area (Å²) in [6.45, 7) is 2.14. The average molecular weight is 301 g/mol. The van der Waals surface area contributed by atoms with E-state index in [1.807, 2.05) is 54.6 Å². The minimum atomic E-state index is 0.0134. The molecule has 0 amide bonds. The lowest BCUT2D eigenvalue weighted by atomic mass is 10.1. The van der Waals surface area contributed by atoms with Crippen molar-refractivity contribution in [3.63, 3.8) is 0 Å². The van der Waals surface area contributed by atoms with Crippen LogP contribution in [-0.4, -0.2) is 10.8 Å². The lowest BCUT2D eigenvalue weighted by molar-refractivity contribution is 0.104. The van der Waals surface area contributed by atoms with Crippen LogP contribution in [0.4, 0.5) is 0 Å². The highest BCUT2D eigenvalue weighted by atomic mass is 16.1. The molecular formula is C21H19NO. The van der Waals surface area contributed by atoms with Crippen molar-refractivity contribution in [3.05, 3.63) is 89.6 Å². The molecule has 0 atom stereocenters. The molecule has 0 aliphatic carbocycles. The van der Waals surface area contributed by atoms with Gasteiger partial charge >= 0.3 is 0 Å². The third-order valence-corrected chi connectivity index (χ3v) is 3.84. The standard InChI is InChI=1S/C21H19NO/c1-2-16-15-19(22-21(16)18-11-7-4-8-12-18)13-14-20(23)17-9-5-3-6-10-17/h3-15,22H,2H2,1H3. The summed E-state index contributed by atoms with van der Waals surface area (Å²) in [5.74, 6) is 0.0134. The van der Waals surface area contributed by atoms with Crippen molar-refractivity contribution in [3.8, 4) is 11.3 Å². The number of carbonyl (C=O) groups excluding carboxylic acids is 1. The minimum Gasteiger partial charge on any atom is -0.355 e. The number of ketones is 1. The molecule has 0 spiro atoms. The third kappa shape index (κ3) is 3.49. The van der Waals surface area contributed by atoms with Crippen LogP contribution in [0.3, 0.4) is 0 Å². The highest BCUT2D eigenvalue weighted by molar-refractivity contribution is 6.06. The van der Waals surface area contributed by atoms with Gasteiger partial charge < -0.3 is 4.98 Å². The van der Waals surface area contributed by atoms with Crippen LogP contribution < -0.4 is 0 Å². The van der Waals surface area contributed by atoms with Gasteiger partial charge in [0, 0.05) is 17.0 Å². The first-order valence-electron chi connectivity index (χ1n) is 7.82. The highest BCUT2D eigenvalue weighted by Crippen LogP contribution is 2.24. The Labute approximate surface area is 136 Å². The van der Waals surface area contributed by atoms with Crippen LogP contribution in [0.1, 0.15) is 28.5 Å². The first-order chi connectivity index (χ1) is 11.3. The fourth-order valence-corrected chi connectivity index (χ4v) is 2.62. The van der Waals surface area contributed by atoms with Gasteiger partial charge in [-0.05, 0) is 35.8 Å². The van der Waals surface area contributed by atoms with E-state index in [1.165, 1.54) is 11.1 Å². The van der Waals surface area contributed by atoms with Gasteiger partial charge in [0.05, 0.1) is 0 Å². The Hall–Kier alpha value is -2.87. The van der Waals surface area contributed by atoms with Crippen LogP contribution in [0.5, 0.6) is 0 Å². The maximum Gasteiger partial charge on any atom is 0.185 e. The normalized spacial score (nSPS) is 11.0. The van der Waals surface area contributed by atoms with Gasteiger partial charge in [0.15, 0.2) is 5.78 Å². The van der Waals surface area contributed by atoms with E-state index in [9.17, 15) is 4.79 Å². The fraction of sp³-hybridized carbons (Fsp3) is 0.0952. The van der Waals surface area contributed by atoms with E-state index in [4.69, 9.17) is 0 Å². The summed E-state index contributed by atoms with van der Waals surface area (Å²) in [4.78, 5) is 15.6. The maximum atomic E-state index is 12.1. The monoisotopic (exact) mass is 301 g/mol. The van der Waals surface area contributed by atoms with Crippen LogP contribution in [-0.2, 0) is 6.42 Å². The van der Waals surface area contributed by atoms with Gasteiger partial charge in [0.2, 0.25) is 0 Å². The van der Waals surface area contributed by atoms with Gasteiger partial charge in [0.25, 0.3) is 0 Å². The van der Waals surface area contributed by atoms with Crippen LogP contribution >= 0.6 is 0 Å². The molecule has 3 aromatic rings. The number of carbonyl (C=O) groups is 1. The summed E-state index contributed by atoms with van der Waals surface area (Å²) in [5.41, 5.74) is 5.19. The molecule has 0 saturated heterocycles. The molecule has 2 aromatic carbocycles. The molecule has 1 N–H and O–H groups in total. The summed E-state index contributed by atoms with van der Waals surface area (Å²) in [7, 11) is 0. The lowest BCUT2D eigenvalue weighted by Crippen LogP contribution is -1.92. The van der Waals surface area contributed by atoms with E-state index in [0.717, 1.165) is 17.8 Å². The molecule has 1 heterocycles. The van der Waals surface area contributed by atoms with Gasteiger partial charge in [-0.15, -0.1) is 0 Å². The summed E-state index contributed by atoms with van der Waals surface area (Å²) < 4.78 is 0. The second kappa shape index (κ2) is 6.93. The predicted molar refractivity (Wildman–Crippen MR) is 95.4 cm³/mol. The largest absolute Gasteiger partial charge is 0.355 e. The van der Waals surface area contributed by atoms with Crippen LogP contribution in [0.15, 0.2) is 72.8 Å². The number of aromatic amines is 1. The summed E-state index contributed by atoms with van der Waals surface area (Å²) >= 11 is 0. The Morgan fingerprint density at radius 2 is 1.65 bits per heavy atom. The summed E-state index contributed by atoms with van der Waals surface area (Å²) in [5, 5.41) is 0. The molecule has 0 saturated carbocycles. The molecular weight excluding hydrogens is 282 g/mol. The minimum absolute atomic E-state index is 0.0134. The van der Waals surface area contributed by atoms with Gasteiger partial charge in [-0.25, -0.2) is 0 Å². The van der Waals surface area contributed by atoms with E-state index in [0.29, 0.717) is 5.56 Å². The zero-order chi connectivity index (χ0) is 16.1. The number of hydrogen-bond acceptors (Lipinski definition) is 1. The Kier molecular flexibility index (Phi) is 4.53. The summed E-state index contributed by atoms with van der Waals surface area (Å²) in [6.07, 6.45) is 4.41. The first kappa shape index (κ1) is 15.0. The number of aromatic nitrogens is 1. The molecule has 114 valence electrons. The highest BCUT2D eigenvalue weighted by Gasteiger charge is 2.07. The molecule has 23 heavy (non-hydrogen) atoms. The summed E-state index contributed by atoms with van der Waals surface area (Å²) in [6, 6.07) is 21.7. The molecule has 3 rings (SSSR count). The molecule has 0 aliphatic rings. The zero-order valence-electron chi connectivity index (χ0n) is 13.1. The van der Waals surface area contributed by atoms with Crippen LogP contribution in [0.25, 0.3) is 17.3 Å². The van der Waals surface area contributed by atoms with Crippen molar-refractivity contribution in [2.24, 2.45) is 0 Å². The number of nitrogens with one attached hydrogen (secondary N) is 1. The van der Waals surface area contributed by atoms with E-state index in [2.05, 4.69) is 30.1 Å². The Morgan fingerprint density at radius 3 is 2.30 bits per heavy atom. The number of aryl methyl sites for hydroxylation is 1. The second-order valence-corrected chi connectivity index (χ2v) is 5.41. The van der Waals surface area contributed by atoms with E-state index >= 15 is 0 Å². The quantitative estimate of drug-likeness (QED) is 0.513. The van der Waals surface area contributed by atoms with E-state index in [-0.39, 0.29) is 5.78 Å². The molecule has 0 radical (unpaired) electrons. The lowest BCUT2D eigenvalue weighted by Gasteiger charge is -2.01. The molecule has 2 nitrogen and oxygen atoms in total. The molecule has 1 aromatic heterocycles. The number of allylic oxidation sites excluding steroid dienone is 1. The molecule has 0 bridgehead atoms. The van der Waals surface area contributed by atoms with Crippen molar-refractivity contribution in [1.29, 1.82) is 0 Å². The average Bonchev–Trinajstić information content (AvgIpc) is 3.04. The number of hydrogen-bond donors (Lipinski definition) is 1. The maximum absolute atomic E-state index is 12.1. The van der Waals surface area contributed by atoms with Crippen molar-refractivity contribution >= 4 is 11.9 Å². The van der Waals surface area contributed by atoms with Gasteiger partial charge in [-0.2, -0.15) is 0 Å². The van der Waals surface area contributed by atoms with Crippen molar-refractivity contribution in [1.82, 2.24) is 4.98 Å². The zero-order valence-corrected chi connectivity index (χ0v) is 13.1. The van der Waals surface area contributed by atoms with Crippen LogP contribution in [0.2, 0.25) is 0 Å². The number of rotatable bonds is 5. The van der Waals surface area contributed by atoms with Crippen molar-refractivity contribution < 1.29 is 4.79 Å². The smallest absolute Gasteiger partial charge is 0.185 e. The van der Waals surface area contributed by atoms with Gasteiger partial charge in [0.1, 0.15) is 0 Å². The molecule has 0 fully saturated rings. The molecule has 0 unspecified atom stereocenters. The Bertz CT molecular complexity index is 814. The number of H-pyrrole nitrogens is 1. The Morgan fingerprint density at radius 1 is 1.00 bits per heavy atom. The first-order valence-corrected chi connectivity index (χ1v) is 7.82. The predicted octanol–water partition coefficient (Wildman–Crippen LogP) is 5.14. The number of benzene rings is 2. The van der Waals surface area contributed by atoms with Crippen LogP contribution in [0, 0.1) is 0 Å². The van der Waals surface area contributed by atoms with Gasteiger partial charge in [-0.3, -0.25) is 4.79 Å². The van der Waals surface area contributed by atoms with Gasteiger partial charge in [-0.1, -0.05) is 67.6 Å².